The van der Waals surface area contributed by atoms with Gasteiger partial charge in [0.05, 0.1) is 5.52 Å². The average Bonchev–Trinajstić information content (AvgIpc) is 2.82. The molecule has 20 heavy (non-hydrogen) atoms. The van der Waals surface area contributed by atoms with Gasteiger partial charge in [0.15, 0.2) is 5.69 Å². The number of aryl methyl sites for hydroxylation is 1. The normalized spacial score (nSPS) is 10.7. The fraction of sp³-hybridized carbons (Fsp3) is 0.0769. The molecule has 7 nitrogen and oxygen atoms in total. The Kier molecular flexibility index (Phi) is 2.79. The average molecular weight is 268 g/mol. The molecule has 0 saturated heterocycles. The molecule has 0 atom stereocenters. The summed E-state index contributed by atoms with van der Waals surface area (Å²) in [7, 11) is 0. The summed E-state index contributed by atoms with van der Waals surface area (Å²) in [5.41, 5.74) is 7.92. The van der Waals surface area contributed by atoms with Gasteiger partial charge in [-0.25, -0.2) is 9.97 Å². The van der Waals surface area contributed by atoms with Crippen LogP contribution in [0.5, 0.6) is 0 Å². The van der Waals surface area contributed by atoms with Crippen molar-refractivity contribution in [2.45, 2.75) is 6.92 Å². The molecule has 0 fully saturated rings. The van der Waals surface area contributed by atoms with E-state index in [9.17, 15) is 4.79 Å². The van der Waals surface area contributed by atoms with Crippen molar-refractivity contribution in [3.8, 4) is 0 Å². The van der Waals surface area contributed by atoms with Gasteiger partial charge in [0.2, 0.25) is 0 Å². The zero-order chi connectivity index (χ0) is 14.1. The number of nitrogens with one attached hydrogen (secondary N) is 2. The predicted octanol–water partition coefficient (Wildman–Crippen LogP) is 1.50. The molecule has 4 N–H and O–H groups in total. The highest BCUT2D eigenvalue weighted by Crippen LogP contribution is 2.22. The monoisotopic (exact) mass is 268 g/mol. The number of primary amides is 1. The van der Waals surface area contributed by atoms with Crippen molar-refractivity contribution in [1.29, 1.82) is 0 Å². The predicted molar refractivity (Wildman–Crippen MR) is 74.7 cm³/mol. The van der Waals surface area contributed by atoms with Crippen LogP contribution in [0.25, 0.3) is 10.9 Å². The summed E-state index contributed by atoms with van der Waals surface area (Å²) in [6.07, 6.45) is 1.49. The molecule has 0 bridgehead atoms. The quantitative estimate of drug-likeness (QED) is 0.667. The number of H-pyrrole nitrogens is 1. The van der Waals surface area contributed by atoms with Crippen molar-refractivity contribution in [2.75, 3.05) is 5.32 Å². The lowest BCUT2D eigenvalue weighted by Crippen LogP contribution is -2.11. The lowest BCUT2D eigenvalue weighted by atomic mass is 10.2. The van der Waals surface area contributed by atoms with Gasteiger partial charge in [-0.3, -0.25) is 9.89 Å². The number of amides is 1. The maximum atomic E-state index is 11.3. The smallest absolute Gasteiger partial charge is 0.269 e. The number of carbonyl (C=O) groups excluding carboxylic acids is 1. The molecule has 2 aromatic heterocycles. The van der Waals surface area contributed by atoms with E-state index in [2.05, 4.69) is 25.5 Å². The maximum absolute atomic E-state index is 11.3. The Balaban J connectivity index is 2.00. The van der Waals surface area contributed by atoms with E-state index in [0.29, 0.717) is 11.2 Å². The third kappa shape index (κ3) is 2.16. The molecule has 0 aliphatic carbocycles. The minimum absolute atomic E-state index is 0.225. The second-order valence-electron chi connectivity index (χ2n) is 4.37. The molecule has 7 heteroatoms. The number of fused-ring (bicyclic) bond motifs is 1. The number of aromatic nitrogens is 4. The van der Waals surface area contributed by atoms with Gasteiger partial charge in [-0.05, 0) is 25.1 Å². The van der Waals surface area contributed by atoms with Crippen LogP contribution in [-0.2, 0) is 0 Å². The lowest BCUT2D eigenvalue weighted by molar-refractivity contribution is 0.0997. The molecule has 0 saturated carbocycles. The minimum atomic E-state index is -0.564. The summed E-state index contributed by atoms with van der Waals surface area (Å²) in [6.45, 7) is 1.89. The Labute approximate surface area is 114 Å². The van der Waals surface area contributed by atoms with Gasteiger partial charge >= 0.3 is 0 Å². The molecule has 100 valence electrons. The Hall–Kier alpha value is -2.96. The summed E-state index contributed by atoms with van der Waals surface area (Å²) < 4.78 is 0. The maximum Gasteiger partial charge on any atom is 0.269 e. The van der Waals surface area contributed by atoms with Gasteiger partial charge < -0.3 is 11.1 Å². The topological polar surface area (TPSA) is 110 Å². The number of carbonyl (C=O) groups is 1. The molecule has 3 aromatic rings. The standard InChI is InChI=1S/C13H12N6O/c1-7-4-11(16-6-15-7)17-8-2-3-10-9(5-8)12(13(14)20)19-18-10/h2-6H,1H3,(H2,14,20)(H,18,19)(H,15,16,17). The number of aromatic amines is 1. The van der Waals surface area contributed by atoms with Gasteiger partial charge in [0, 0.05) is 22.8 Å². The molecule has 3 rings (SSSR count). The molecular formula is C13H12N6O. The third-order valence-electron chi connectivity index (χ3n) is 2.87. The van der Waals surface area contributed by atoms with Crippen molar-refractivity contribution >= 4 is 28.3 Å². The van der Waals surface area contributed by atoms with Crippen LogP contribution in [0.2, 0.25) is 0 Å². The van der Waals surface area contributed by atoms with Crippen LogP contribution >= 0.6 is 0 Å². The van der Waals surface area contributed by atoms with Crippen LogP contribution < -0.4 is 11.1 Å². The number of hydrogen-bond acceptors (Lipinski definition) is 5. The van der Waals surface area contributed by atoms with Crippen molar-refractivity contribution in [3.05, 3.63) is 42.0 Å². The van der Waals surface area contributed by atoms with E-state index in [1.165, 1.54) is 6.33 Å². The Morgan fingerprint density at radius 3 is 2.90 bits per heavy atom. The van der Waals surface area contributed by atoms with E-state index in [1.807, 2.05) is 25.1 Å². The zero-order valence-electron chi connectivity index (χ0n) is 10.7. The highest BCUT2D eigenvalue weighted by Gasteiger charge is 2.11. The van der Waals surface area contributed by atoms with Crippen molar-refractivity contribution in [1.82, 2.24) is 20.2 Å². The van der Waals surface area contributed by atoms with Crippen molar-refractivity contribution in [2.24, 2.45) is 5.73 Å². The molecule has 0 spiro atoms. The van der Waals surface area contributed by atoms with Crippen LogP contribution in [0.3, 0.4) is 0 Å². The molecule has 2 heterocycles. The number of hydrogen-bond donors (Lipinski definition) is 3. The molecule has 1 aromatic carbocycles. The zero-order valence-corrected chi connectivity index (χ0v) is 10.7. The number of anilines is 2. The second kappa shape index (κ2) is 4.61. The second-order valence-corrected chi connectivity index (χ2v) is 4.37. The van der Waals surface area contributed by atoms with Crippen LogP contribution in [-0.4, -0.2) is 26.1 Å². The first-order valence-corrected chi connectivity index (χ1v) is 5.97. The Morgan fingerprint density at radius 2 is 2.15 bits per heavy atom. The SMILES string of the molecule is Cc1cc(Nc2ccc3[nH]nc(C(N)=O)c3c2)ncn1. The third-order valence-corrected chi connectivity index (χ3v) is 2.87. The lowest BCUT2D eigenvalue weighted by Gasteiger charge is -2.05. The van der Waals surface area contributed by atoms with Gasteiger partial charge in [-0.2, -0.15) is 5.10 Å². The molecule has 0 aliphatic heterocycles. The molecule has 0 unspecified atom stereocenters. The summed E-state index contributed by atoms with van der Waals surface area (Å²) in [5.74, 6) is 0.118. The first kappa shape index (κ1) is 12.1. The first-order valence-electron chi connectivity index (χ1n) is 5.97. The van der Waals surface area contributed by atoms with Gasteiger partial charge in [0.1, 0.15) is 12.1 Å². The Morgan fingerprint density at radius 1 is 1.30 bits per heavy atom. The molecule has 0 radical (unpaired) electrons. The highest BCUT2D eigenvalue weighted by molar-refractivity contribution is 6.04. The fourth-order valence-corrected chi connectivity index (χ4v) is 1.95. The Bertz CT molecular complexity index is 794. The number of nitrogens with two attached hydrogens (primary N) is 1. The minimum Gasteiger partial charge on any atom is -0.364 e. The van der Waals surface area contributed by atoms with E-state index in [4.69, 9.17) is 5.73 Å². The molecular weight excluding hydrogens is 256 g/mol. The van der Waals surface area contributed by atoms with E-state index < -0.39 is 5.91 Å². The van der Waals surface area contributed by atoms with Gasteiger partial charge in [-0.1, -0.05) is 0 Å². The van der Waals surface area contributed by atoms with E-state index >= 15 is 0 Å². The van der Waals surface area contributed by atoms with Crippen LogP contribution in [0.15, 0.2) is 30.6 Å². The summed E-state index contributed by atoms with van der Waals surface area (Å²) in [4.78, 5) is 19.4. The van der Waals surface area contributed by atoms with Crippen LogP contribution in [0.1, 0.15) is 16.2 Å². The molecule has 1 amide bonds. The number of benzene rings is 1. The van der Waals surface area contributed by atoms with Crippen molar-refractivity contribution < 1.29 is 4.79 Å². The van der Waals surface area contributed by atoms with E-state index in [-0.39, 0.29) is 5.69 Å². The van der Waals surface area contributed by atoms with Crippen molar-refractivity contribution in [3.63, 3.8) is 0 Å². The number of rotatable bonds is 3. The first-order chi connectivity index (χ1) is 9.63. The van der Waals surface area contributed by atoms with Gasteiger partial charge in [0.25, 0.3) is 5.91 Å². The fourth-order valence-electron chi connectivity index (χ4n) is 1.95. The largest absolute Gasteiger partial charge is 0.364 e. The van der Waals surface area contributed by atoms with Gasteiger partial charge in [-0.15, -0.1) is 0 Å². The number of nitrogens with zero attached hydrogens (tertiary/aromatic N) is 3. The molecule has 0 aliphatic rings. The summed E-state index contributed by atoms with van der Waals surface area (Å²) in [6, 6.07) is 7.32. The van der Waals surface area contributed by atoms with E-state index in [0.717, 1.165) is 16.9 Å². The summed E-state index contributed by atoms with van der Waals surface area (Å²) in [5, 5.41) is 10.5. The van der Waals surface area contributed by atoms with E-state index in [1.54, 1.807) is 6.07 Å². The van der Waals surface area contributed by atoms with Crippen LogP contribution in [0.4, 0.5) is 11.5 Å². The highest BCUT2D eigenvalue weighted by atomic mass is 16.1. The van der Waals surface area contributed by atoms with Crippen LogP contribution in [0, 0.1) is 6.92 Å². The summed E-state index contributed by atoms with van der Waals surface area (Å²) >= 11 is 0.